The van der Waals surface area contributed by atoms with Gasteiger partial charge in [-0.05, 0) is 59.5 Å². The van der Waals surface area contributed by atoms with Crippen molar-refractivity contribution in [1.29, 1.82) is 5.26 Å². The number of anilines is 2. The highest BCUT2D eigenvalue weighted by atomic mass is 19.1. The number of fused-ring (bicyclic) bond motifs is 3. The number of aliphatic hydroxyl groups excluding tert-OH is 1. The number of halogens is 2. The third-order valence-corrected chi connectivity index (χ3v) is 7.11. The number of nitrogens with one attached hydrogen (secondary N) is 1. The van der Waals surface area contributed by atoms with Gasteiger partial charge in [0.15, 0.2) is 0 Å². The molecule has 2 N–H and O–H groups in total. The van der Waals surface area contributed by atoms with Crippen LogP contribution in [0, 0.1) is 28.9 Å². The Hall–Kier alpha value is -3.96. The van der Waals surface area contributed by atoms with E-state index in [9.17, 15) is 23.9 Å². The molecule has 3 aromatic carbocycles. The standard InChI is InChI=1S/C27H24F2N4O2/c1-32-24-8-5-18(17-4-2-3-16(11-17)14-30)12-21(24)26-20(25(32)15-34)9-10-33(26)27(35)31-23-13-19(28)6-7-22(23)29/h2-8,11-13,20,25-26,34H,9-10,15H2,1H3,(H,31,35)/t20-,25+,26-/m1/s1. The smallest absolute Gasteiger partial charge is 0.322 e. The van der Waals surface area contributed by atoms with Crippen LogP contribution in [0.3, 0.4) is 0 Å². The number of likely N-dealkylation sites (tertiary alicyclic amines) is 1. The van der Waals surface area contributed by atoms with Crippen molar-refractivity contribution in [3.63, 3.8) is 0 Å². The Kier molecular flexibility index (Phi) is 5.87. The molecule has 5 rings (SSSR count). The molecule has 8 heteroatoms. The zero-order valence-corrected chi connectivity index (χ0v) is 19.1. The third-order valence-electron chi connectivity index (χ3n) is 7.11. The van der Waals surface area contributed by atoms with Crippen LogP contribution < -0.4 is 10.2 Å². The Labute approximate surface area is 202 Å². The Morgan fingerprint density at radius 1 is 1.14 bits per heavy atom. The maximum absolute atomic E-state index is 14.2. The second-order valence-electron chi connectivity index (χ2n) is 8.97. The molecule has 6 nitrogen and oxygen atoms in total. The molecule has 0 aromatic heterocycles. The number of carbonyl (C=O) groups is 1. The van der Waals surface area contributed by atoms with E-state index in [1.807, 2.05) is 48.3 Å². The second kappa shape index (κ2) is 9.01. The topological polar surface area (TPSA) is 79.6 Å². The largest absolute Gasteiger partial charge is 0.394 e. The quantitative estimate of drug-likeness (QED) is 0.566. The second-order valence-corrected chi connectivity index (χ2v) is 8.97. The molecule has 2 amide bonds. The molecule has 35 heavy (non-hydrogen) atoms. The van der Waals surface area contributed by atoms with E-state index >= 15 is 0 Å². The summed E-state index contributed by atoms with van der Waals surface area (Å²) in [7, 11) is 1.93. The van der Waals surface area contributed by atoms with Crippen LogP contribution in [0.2, 0.25) is 0 Å². The predicted octanol–water partition coefficient (Wildman–Crippen LogP) is 4.91. The number of aliphatic hydroxyl groups is 1. The molecule has 0 radical (unpaired) electrons. The summed E-state index contributed by atoms with van der Waals surface area (Å²) < 4.78 is 27.9. The van der Waals surface area contributed by atoms with Gasteiger partial charge in [0.25, 0.3) is 0 Å². The van der Waals surface area contributed by atoms with E-state index in [1.165, 1.54) is 0 Å². The number of urea groups is 1. The predicted molar refractivity (Wildman–Crippen MR) is 129 cm³/mol. The van der Waals surface area contributed by atoms with E-state index in [1.54, 1.807) is 11.0 Å². The van der Waals surface area contributed by atoms with Gasteiger partial charge in [0, 0.05) is 31.3 Å². The van der Waals surface area contributed by atoms with Crippen LogP contribution >= 0.6 is 0 Å². The summed E-state index contributed by atoms with van der Waals surface area (Å²) in [6, 6.07) is 17.3. The van der Waals surface area contributed by atoms with E-state index in [2.05, 4.69) is 11.4 Å². The number of benzene rings is 3. The zero-order chi connectivity index (χ0) is 24.7. The molecular weight excluding hydrogens is 450 g/mol. The number of nitrogens with zero attached hydrogens (tertiary/aromatic N) is 3. The molecular formula is C27H24F2N4O2. The molecule has 3 atom stereocenters. The number of amides is 2. The average Bonchev–Trinajstić information content (AvgIpc) is 3.31. The van der Waals surface area contributed by atoms with Crippen molar-refractivity contribution in [2.75, 3.05) is 30.4 Å². The molecule has 0 saturated carbocycles. The molecule has 2 heterocycles. The van der Waals surface area contributed by atoms with Gasteiger partial charge in [0.2, 0.25) is 0 Å². The first kappa shape index (κ1) is 22.8. The summed E-state index contributed by atoms with van der Waals surface area (Å²) in [5, 5.41) is 22.0. The summed E-state index contributed by atoms with van der Waals surface area (Å²) >= 11 is 0. The maximum atomic E-state index is 14.2. The summed E-state index contributed by atoms with van der Waals surface area (Å²) in [6.07, 6.45) is 0.660. The normalized spacial score (nSPS) is 20.7. The monoisotopic (exact) mass is 474 g/mol. The molecule has 2 aliphatic rings. The van der Waals surface area contributed by atoms with Gasteiger partial charge in [-0.3, -0.25) is 0 Å². The molecule has 178 valence electrons. The minimum absolute atomic E-state index is 0.0405. The van der Waals surface area contributed by atoms with E-state index in [0.29, 0.717) is 18.5 Å². The zero-order valence-electron chi connectivity index (χ0n) is 19.1. The Morgan fingerprint density at radius 3 is 2.71 bits per heavy atom. The molecule has 0 bridgehead atoms. The number of likely N-dealkylation sites (N-methyl/N-ethyl adjacent to an activating group) is 1. The average molecular weight is 475 g/mol. The van der Waals surface area contributed by atoms with Crippen LogP contribution in [0.5, 0.6) is 0 Å². The van der Waals surface area contributed by atoms with Gasteiger partial charge < -0.3 is 20.2 Å². The van der Waals surface area contributed by atoms with Gasteiger partial charge in [0.05, 0.1) is 36.0 Å². The van der Waals surface area contributed by atoms with Gasteiger partial charge in [-0.15, -0.1) is 0 Å². The van der Waals surface area contributed by atoms with Crippen molar-refractivity contribution in [1.82, 2.24) is 4.90 Å². The Bertz CT molecular complexity index is 1340. The molecule has 1 saturated heterocycles. The fourth-order valence-electron chi connectivity index (χ4n) is 5.41. The first-order valence-electron chi connectivity index (χ1n) is 11.4. The fraction of sp³-hybridized carbons (Fsp3) is 0.259. The first-order chi connectivity index (χ1) is 16.9. The molecule has 1 fully saturated rings. The van der Waals surface area contributed by atoms with E-state index in [-0.39, 0.29) is 30.3 Å². The minimum atomic E-state index is -0.716. The van der Waals surface area contributed by atoms with Gasteiger partial charge in [0.1, 0.15) is 11.6 Å². The number of rotatable bonds is 3. The molecule has 3 aromatic rings. The number of hydrogen-bond acceptors (Lipinski definition) is 4. The summed E-state index contributed by atoms with van der Waals surface area (Å²) in [4.78, 5) is 17.0. The fourth-order valence-corrected chi connectivity index (χ4v) is 5.41. The van der Waals surface area contributed by atoms with E-state index in [0.717, 1.165) is 40.6 Å². The van der Waals surface area contributed by atoms with Crippen molar-refractivity contribution >= 4 is 17.4 Å². The SMILES string of the molecule is CN1c2ccc(-c3cccc(C#N)c3)cc2[C@H]2[C@H](CCN2C(=O)Nc2cc(F)ccc2F)[C@@H]1CO. The summed E-state index contributed by atoms with van der Waals surface area (Å²) in [5.41, 5.74) is 3.92. The molecule has 0 aliphatic carbocycles. The van der Waals surface area contributed by atoms with E-state index < -0.39 is 17.7 Å². The first-order valence-corrected chi connectivity index (χ1v) is 11.4. The minimum Gasteiger partial charge on any atom is -0.394 e. The number of nitriles is 1. The lowest BCUT2D eigenvalue weighted by molar-refractivity contribution is 0.168. The highest BCUT2D eigenvalue weighted by Gasteiger charge is 2.47. The number of carbonyl (C=O) groups excluding carboxylic acids is 1. The van der Waals surface area contributed by atoms with Gasteiger partial charge >= 0.3 is 6.03 Å². The molecule has 0 spiro atoms. The van der Waals surface area contributed by atoms with Crippen molar-refractivity contribution in [3.8, 4) is 17.2 Å². The van der Waals surface area contributed by atoms with Crippen LogP contribution in [0.15, 0.2) is 60.7 Å². The van der Waals surface area contributed by atoms with Crippen LogP contribution in [-0.4, -0.2) is 42.3 Å². The van der Waals surface area contributed by atoms with Gasteiger partial charge in [-0.1, -0.05) is 18.2 Å². The third kappa shape index (κ3) is 3.98. The van der Waals surface area contributed by atoms with Crippen molar-refractivity contribution in [2.45, 2.75) is 18.5 Å². The summed E-state index contributed by atoms with van der Waals surface area (Å²) in [5.74, 6) is -1.40. The van der Waals surface area contributed by atoms with E-state index in [4.69, 9.17) is 0 Å². The summed E-state index contributed by atoms with van der Waals surface area (Å²) in [6.45, 7) is 0.340. The highest BCUT2D eigenvalue weighted by molar-refractivity contribution is 5.90. The lowest BCUT2D eigenvalue weighted by Gasteiger charge is -2.44. The lowest BCUT2D eigenvalue weighted by atomic mass is 9.81. The number of hydrogen-bond donors (Lipinski definition) is 2. The van der Waals surface area contributed by atoms with Crippen LogP contribution in [0.25, 0.3) is 11.1 Å². The van der Waals surface area contributed by atoms with Gasteiger partial charge in [-0.2, -0.15) is 5.26 Å². The lowest BCUT2D eigenvalue weighted by Crippen LogP contribution is -2.48. The van der Waals surface area contributed by atoms with Crippen molar-refractivity contribution in [3.05, 3.63) is 83.4 Å². The Balaban J connectivity index is 1.55. The highest BCUT2D eigenvalue weighted by Crippen LogP contribution is 2.49. The molecule has 2 aliphatic heterocycles. The van der Waals surface area contributed by atoms with Crippen LogP contribution in [-0.2, 0) is 0 Å². The van der Waals surface area contributed by atoms with Crippen LogP contribution in [0.4, 0.5) is 25.0 Å². The Morgan fingerprint density at radius 2 is 1.94 bits per heavy atom. The van der Waals surface area contributed by atoms with Crippen molar-refractivity contribution < 1.29 is 18.7 Å². The maximum Gasteiger partial charge on any atom is 0.322 e. The van der Waals surface area contributed by atoms with Crippen molar-refractivity contribution in [2.24, 2.45) is 5.92 Å². The molecule has 0 unspecified atom stereocenters. The van der Waals surface area contributed by atoms with Crippen LogP contribution in [0.1, 0.15) is 23.6 Å². The van der Waals surface area contributed by atoms with Gasteiger partial charge in [-0.25, -0.2) is 13.6 Å².